The highest BCUT2D eigenvalue weighted by Gasteiger charge is 2.15. The van der Waals surface area contributed by atoms with E-state index in [2.05, 4.69) is 10.2 Å². The lowest BCUT2D eigenvalue weighted by Gasteiger charge is -2.20. The molecule has 1 rings (SSSR count). The van der Waals surface area contributed by atoms with E-state index in [1.807, 2.05) is 6.92 Å². The van der Waals surface area contributed by atoms with Gasteiger partial charge in [0, 0.05) is 19.6 Å². The molecule has 90 valence electrons. The summed E-state index contributed by atoms with van der Waals surface area (Å²) in [6.07, 6.45) is 2.68. The van der Waals surface area contributed by atoms with E-state index in [1.165, 1.54) is 12.8 Å². The first-order valence-corrected chi connectivity index (χ1v) is 6.01. The van der Waals surface area contributed by atoms with Gasteiger partial charge in [-0.15, -0.1) is 0 Å². The van der Waals surface area contributed by atoms with Gasteiger partial charge in [0.05, 0.1) is 12.2 Å². The molecule has 2 unspecified atom stereocenters. The van der Waals surface area contributed by atoms with Crippen molar-refractivity contribution in [3.63, 3.8) is 0 Å². The van der Waals surface area contributed by atoms with Gasteiger partial charge in [-0.25, -0.2) is 0 Å². The fourth-order valence-electron chi connectivity index (χ4n) is 1.89. The molecule has 1 aliphatic rings. The van der Waals surface area contributed by atoms with E-state index in [9.17, 15) is 10.2 Å². The summed E-state index contributed by atoms with van der Waals surface area (Å²) in [5, 5.41) is 22.1. The Morgan fingerprint density at radius 3 is 2.33 bits per heavy atom. The number of hydrogen-bond donors (Lipinski definition) is 3. The second kappa shape index (κ2) is 7.17. The van der Waals surface area contributed by atoms with Gasteiger partial charge < -0.3 is 20.4 Å². The second-order valence-electron chi connectivity index (χ2n) is 4.38. The quantitative estimate of drug-likeness (QED) is 0.552. The van der Waals surface area contributed by atoms with Crippen LogP contribution in [0.1, 0.15) is 26.2 Å². The Bertz CT molecular complexity index is 161. The lowest BCUT2D eigenvalue weighted by molar-refractivity contribution is 0.114. The largest absolute Gasteiger partial charge is 0.392 e. The van der Waals surface area contributed by atoms with Crippen LogP contribution >= 0.6 is 0 Å². The predicted octanol–water partition coefficient (Wildman–Crippen LogP) is -0.196. The molecule has 0 amide bonds. The fourth-order valence-corrected chi connectivity index (χ4v) is 1.89. The molecule has 0 aliphatic carbocycles. The van der Waals surface area contributed by atoms with Gasteiger partial charge in [0.25, 0.3) is 0 Å². The van der Waals surface area contributed by atoms with E-state index >= 15 is 0 Å². The van der Waals surface area contributed by atoms with E-state index in [0.29, 0.717) is 13.1 Å². The van der Waals surface area contributed by atoms with Crippen molar-refractivity contribution in [2.24, 2.45) is 0 Å². The summed E-state index contributed by atoms with van der Waals surface area (Å²) in [6.45, 7) is 6.10. The highest BCUT2D eigenvalue weighted by molar-refractivity contribution is 4.72. The van der Waals surface area contributed by atoms with Crippen molar-refractivity contribution in [3.8, 4) is 0 Å². The van der Waals surface area contributed by atoms with Crippen molar-refractivity contribution >= 4 is 0 Å². The maximum absolute atomic E-state index is 9.71. The predicted molar refractivity (Wildman–Crippen MR) is 60.8 cm³/mol. The molecule has 1 heterocycles. The van der Waals surface area contributed by atoms with Crippen LogP contribution in [-0.2, 0) is 0 Å². The molecule has 0 saturated carbocycles. The molecule has 4 heteroatoms. The number of aliphatic hydroxyl groups excluding tert-OH is 2. The Morgan fingerprint density at radius 1 is 1.13 bits per heavy atom. The van der Waals surface area contributed by atoms with Gasteiger partial charge in [0.15, 0.2) is 0 Å². The Morgan fingerprint density at radius 2 is 1.73 bits per heavy atom. The Labute approximate surface area is 92.3 Å². The molecule has 1 aliphatic heterocycles. The molecular formula is C11H24N2O2. The molecule has 0 radical (unpaired) electrons. The molecule has 3 N–H and O–H groups in total. The van der Waals surface area contributed by atoms with Crippen molar-refractivity contribution in [1.82, 2.24) is 10.2 Å². The maximum atomic E-state index is 9.71. The molecule has 0 aromatic rings. The Balaban J connectivity index is 2.00. The summed E-state index contributed by atoms with van der Waals surface area (Å²) in [5.41, 5.74) is 0. The van der Waals surface area contributed by atoms with Gasteiger partial charge in [0.2, 0.25) is 0 Å². The maximum Gasteiger partial charge on any atom is 0.0791 e. The van der Waals surface area contributed by atoms with Gasteiger partial charge in [0.1, 0.15) is 0 Å². The van der Waals surface area contributed by atoms with Crippen LogP contribution in [0.5, 0.6) is 0 Å². The topological polar surface area (TPSA) is 55.7 Å². The standard InChI is InChI=1S/C11H24N2O2/c1-2-10(14)7-12-8-11(15)9-13-5-3-4-6-13/h10-12,14-15H,2-9H2,1H3. The summed E-state index contributed by atoms with van der Waals surface area (Å²) in [4.78, 5) is 2.29. The summed E-state index contributed by atoms with van der Waals surface area (Å²) in [6, 6.07) is 0. The summed E-state index contributed by atoms with van der Waals surface area (Å²) in [5.74, 6) is 0. The fraction of sp³-hybridized carbons (Fsp3) is 1.00. The van der Waals surface area contributed by atoms with Crippen molar-refractivity contribution in [1.29, 1.82) is 0 Å². The number of β-amino-alcohol motifs (C(OH)–C–C–N with tert-alkyl or cyclic N) is 1. The molecule has 1 saturated heterocycles. The number of rotatable bonds is 7. The van der Waals surface area contributed by atoms with E-state index in [4.69, 9.17) is 0 Å². The van der Waals surface area contributed by atoms with Gasteiger partial charge in [-0.05, 0) is 32.4 Å². The van der Waals surface area contributed by atoms with Crippen molar-refractivity contribution in [3.05, 3.63) is 0 Å². The molecule has 15 heavy (non-hydrogen) atoms. The van der Waals surface area contributed by atoms with Gasteiger partial charge in [-0.3, -0.25) is 0 Å². The van der Waals surface area contributed by atoms with E-state index in [1.54, 1.807) is 0 Å². The number of likely N-dealkylation sites (tertiary alicyclic amines) is 1. The van der Waals surface area contributed by atoms with Crippen LogP contribution in [0.4, 0.5) is 0 Å². The smallest absolute Gasteiger partial charge is 0.0791 e. The summed E-state index contributed by atoms with van der Waals surface area (Å²) in [7, 11) is 0. The van der Waals surface area contributed by atoms with Crippen LogP contribution < -0.4 is 5.32 Å². The van der Waals surface area contributed by atoms with Gasteiger partial charge in [-0.2, -0.15) is 0 Å². The third-order valence-corrected chi connectivity index (χ3v) is 2.90. The third-order valence-electron chi connectivity index (χ3n) is 2.90. The minimum absolute atomic E-state index is 0.288. The molecule has 0 bridgehead atoms. The van der Waals surface area contributed by atoms with Crippen molar-refractivity contribution in [2.75, 3.05) is 32.7 Å². The Hall–Kier alpha value is -0.160. The zero-order valence-electron chi connectivity index (χ0n) is 9.65. The van der Waals surface area contributed by atoms with E-state index in [0.717, 1.165) is 26.1 Å². The minimum Gasteiger partial charge on any atom is -0.392 e. The first-order chi connectivity index (χ1) is 7.22. The second-order valence-corrected chi connectivity index (χ2v) is 4.38. The molecule has 1 fully saturated rings. The first-order valence-electron chi connectivity index (χ1n) is 6.01. The van der Waals surface area contributed by atoms with E-state index in [-0.39, 0.29) is 12.2 Å². The number of aliphatic hydroxyl groups is 2. The number of nitrogens with one attached hydrogen (secondary N) is 1. The highest BCUT2D eigenvalue weighted by atomic mass is 16.3. The molecule has 0 aromatic heterocycles. The van der Waals surface area contributed by atoms with E-state index < -0.39 is 0 Å². The van der Waals surface area contributed by atoms with Crippen LogP contribution in [0.2, 0.25) is 0 Å². The van der Waals surface area contributed by atoms with Crippen LogP contribution in [0.25, 0.3) is 0 Å². The normalized spacial score (nSPS) is 21.8. The summed E-state index contributed by atoms with van der Waals surface area (Å²) < 4.78 is 0. The van der Waals surface area contributed by atoms with Gasteiger partial charge in [-0.1, -0.05) is 6.92 Å². The number of nitrogens with zero attached hydrogens (tertiary/aromatic N) is 1. The zero-order chi connectivity index (χ0) is 11.1. The van der Waals surface area contributed by atoms with Crippen molar-refractivity contribution < 1.29 is 10.2 Å². The molecule has 0 aromatic carbocycles. The van der Waals surface area contributed by atoms with Crippen LogP contribution in [0, 0.1) is 0 Å². The first kappa shape index (κ1) is 12.9. The highest BCUT2D eigenvalue weighted by Crippen LogP contribution is 2.07. The Kier molecular flexibility index (Phi) is 6.17. The van der Waals surface area contributed by atoms with Crippen LogP contribution in [0.15, 0.2) is 0 Å². The average molecular weight is 216 g/mol. The summed E-state index contributed by atoms with van der Waals surface area (Å²) >= 11 is 0. The lowest BCUT2D eigenvalue weighted by atomic mass is 10.2. The van der Waals surface area contributed by atoms with Crippen LogP contribution in [0.3, 0.4) is 0 Å². The van der Waals surface area contributed by atoms with Crippen LogP contribution in [-0.4, -0.2) is 60.0 Å². The SMILES string of the molecule is CCC(O)CNCC(O)CN1CCCC1. The lowest BCUT2D eigenvalue weighted by Crippen LogP contribution is -2.39. The van der Waals surface area contributed by atoms with Gasteiger partial charge >= 0.3 is 0 Å². The zero-order valence-corrected chi connectivity index (χ0v) is 9.65. The number of hydrogen-bond acceptors (Lipinski definition) is 4. The molecular weight excluding hydrogens is 192 g/mol. The minimum atomic E-state index is -0.313. The molecule has 2 atom stereocenters. The molecule has 4 nitrogen and oxygen atoms in total. The monoisotopic (exact) mass is 216 g/mol. The molecule has 0 spiro atoms. The average Bonchev–Trinajstić information content (AvgIpc) is 2.70. The third kappa shape index (κ3) is 5.47. The van der Waals surface area contributed by atoms with Crippen molar-refractivity contribution in [2.45, 2.75) is 38.4 Å².